The van der Waals surface area contributed by atoms with E-state index in [9.17, 15) is 0 Å². The number of hydrogen-bond acceptors (Lipinski definition) is 2. The highest BCUT2D eigenvalue weighted by molar-refractivity contribution is 6.27. The number of ether oxygens (including phenoxy) is 1. The molecule has 0 heterocycles. The Balaban J connectivity index is 3.20. The van der Waals surface area contributed by atoms with E-state index in [1.54, 1.807) is 0 Å². The first kappa shape index (κ1) is 11.1. The lowest BCUT2D eigenvalue weighted by Crippen LogP contribution is -2.18. The van der Waals surface area contributed by atoms with E-state index < -0.39 is 0 Å². The van der Waals surface area contributed by atoms with E-state index in [0.717, 1.165) is 13.0 Å². The Morgan fingerprint density at radius 2 is 2.00 bits per heavy atom. The lowest BCUT2D eigenvalue weighted by Gasteiger charge is -2.15. The van der Waals surface area contributed by atoms with Gasteiger partial charge < -0.3 is 9.16 Å². The van der Waals surface area contributed by atoms with Crippen molar-refractivity contribution in [3.05, 3.63) is 0 Å². The molecule has 0 aromatic carbocycles. The molecule has 0 spiro atoms. The highest BCUT2D eigenvalue weighted by Gasteiger charge is 2.03. The van der Waals surface area contributed by atoms with E-state index in [-0.39, 0.29) is 16.1 Å². The van der Waals surface area contributed by atoms with E-state index in [2.05, 4.69) is 13.8 Å². The quantitative estimate of drug-likeness (QED) is 0.334. The summed E-state index contributed by atoms with van der Waals surface area (Å²) in [6, 6.07) is 1.27. The van der Waals surface area contributed by atoms with Crippen molar-refractivity contribution in [2.45, 2.75) is 45.9 Å². The van der Waals surface area contributed by atoms with Crippen molar-refractivity contribution in [2.75, 3.05) is 6.61 Å². The van der Waals surface area contributed by atoms with Crippen LogP contribution in [0.4, 0.5) is 0 Å². The Morgan fingerprint density at radius 3 is 2.45 bits per heavy atom. The first-order valence-electron chi connectivity index (χ1n) is 4.58. The third-order valence-corrected chi connectivity index (χ3v) is 3.09. The van der Waals surface area contributed by atoms with Crippen LogP contribution in [-0.2, 0) is 9.16 Å². The van der Waals surface area contributed by atoms with Crippen LogP contribution in [0.25, 0.3) is 0 Å². The van der Waals surface area contributed by atoms with E-state index in [0.29, 0.717) is 0 Å². The van der Waals surface area contributed by atoms with Crippen LogP contribution in [0, 0.1) is 0 Å². The van der Waals surface area contributed by atoms with Gasteiger partial charge in [0, 0.05) is 6.61 Å². The maximum Gasteiger partial charge on any atom is 0.165 e. The summed E-state index contributed by atoms with van der Waals surface area (Å²) >= 11 is 0. The van der Waals surface area contributed by atoms with Crippen LogP contribution in [0.5, 0.6) is 0 Å². The Labute approximate surface area is 72.2 Å². The normalized spacial score (nSPS) is 14.5. The molecule has 0 amide bonds. The molecule has 11 heavy (non-hydrogen) atoms. The highest BCUT2D eigenvalue weighted by Crippen LogP contribution is 2.00. The molecule has 0 aliphatic heterocycles. The number of hydrogen-bond donors (Lipinski definition) is 0. The first-order valence-corrected chi connectivity index (χ1v) is 6.16. The minimum Gasteiger partial charge on any atom is -0.400 e. The molecule has 0 N–H and O–H groups in total. The Kier molecular flexibility index (Phi) is 8.34. The third-order valence-electron chi connectivity index (χ3n) is 1.49. The average molecular weight is 176 g/mol. The summed E-state index contributed by atoms with van der Waals surface area (Å²) in [6.45, 7) is 7.06. The van der Waals surface area contributed by atoms with Crippen molar-refractivity contribution in [1.29, 1.82) is 0 Å². The predicted octanol–water partition coefficient (Wildman–Crippen LogP) is 1.69. The summed E-state index contributed by atoms with van der Waals surface area (Å²) in [5.41, 5.74) is 0. The molecule has 0 saturated carbocycles. The Hall–Kier alpha value is 0.137. The zero-order chi connectivity index (χ0) is 8.53. The fraction of sp³-hybridized carbons (Fsp3) is 1.00. The van der Waals surface area contributed by atoms with Crippen molar-refractivity contribution >= 4 is 9.76 Å². The molecule has 0 saturated heterocycles. The second-order valence-electron chi connectivity index (χ2n) is 2.52. The first-order chi connectivity index (χ1) is 5.35. The van der Waals surface area contributed by atoms with Crippen LogP contribution < -0.4 is 0 Å². The average Bonchev–Trinajstić information content (AvgIpc) is 2.03. The van der Waals surface area contributed by atoms with Crippen LogP contribution >= 0.6 is 0 Å². The molecular formula is C8H20O2Si. The van der Waals surface area contributed by atoms with E-state index >= 15 is 0 Å². The van der Waals surface area contributed by atoms with Crippen molar-refractivity contribution in [3.8, 4) is 0 Å². The summed E-state index contributed by atoms with van der Waals surface area (Å²) in [6.07, 6.45) is 2.30. The van der Waals surface area contributed by atoms with Crippen molar-refractivity contribution in [1.82, 2.24) is 0 Å². The van der Waals surface area contributed by atoms with Gasteiger partial charge in [-0.2, -0.15) is 0 Å². The molecule has 3 heteroatoms. The topological polar surface area (TPSA) is 18.5 Å². The fourth-order valence-corrected chi connectivity index (χ4v) is 1.88. The minimum absolute atomic E-state index is 0.0817. The highest BCUT2D eigenvalue weighted by atomic mass is 28.2. The van der Waals surface area contributed by atoms with E-state index in [1.807, 2.05) is 6.92 Å². The van der Waals surface area contributed by atoms with Gasteiger partial charge in [-0.25, -0.2) is 0 Å². The molecule has 0 aromatic heterocycles. The SMILES string of the molecule is CCC[SiH2]OC(CC)OCC. The summed E-state index contributed by atoms with van der Waals surface area (Å²) in [4.78, 5) is 0. The zero-order valence-electron chi connectivity index (χ0n) is 7.93. The maximum atomic E-state index is 5.59. The summed E-state index contributed by atoms with van der Waals surface area (Å²) in [7, 11) is -0.292. The second-order valence-corrected chi connectivity index (χ2v) is 3.97. The van der Waals surface area contributed by atoms with Crippen LogP contribution in [0.3, 0.4) is 0 Å². The molecule has 0 fully saturated rings. The van der Waals surface area contributed by atoms with Gasteiger partial charge in [0.2, 0.25) is 0 Å². The van der Waals surface area contributed by atoms with Gasteiger partial charge in [0.05, 0.1) is 0 Å². The van der Waals surface area contributed by atoms with Gasteiger partial charge in [-0.15, -0.1) is 0 Å². The fourth-order valence-electron chi connectivity index (χ4n) is 0.829. The van der Waals surface area contributed by atoms with Crippen LogP contribution in [0.15, 0.2) is 0 Å². The minimum atomic E-state index is -0.292. The molecule has 0 aromatic rings. The maximum absolute atomic E-state index is 5.59. The smallest absolute Gasteiger partial charge is 0.165 e. The summed E-state index contributed by atoms with van der Waals surface area (Å²) in [5.74, 6) is 0. The third kappa shape index (κ3) is 6.53. The van der Waals surface area contributed by atoms with E-state index in [4.69, 9.17) is 9.16 Å². The van der Waals surface area contributed by atoms with Crippen molar-refractivity contribution in [2.24, 2.45) is 0 Å². The Morgan fingerprint density at radius 1 is 1.27 bits per heavy atom. The molecule has 68 valence electrons. The van der Waals surface area contributed by atoms with Gasteiger partial charge in [-0.05, 0) is 19.4 Å². The molecule has 1 unspecified atom stereocenters. The van der Waals surface area contributed by atoms with Crippen LogP contribution in [0.1, 0.15) is 33.6 Å². The molecule has 0 radical (unpaired) electrons. The van der Waals surface area contributed by atoms with Crippen molar-refractivity contribution < 1.29 is 9.16 Å². The standard InChI is InChI=1S/C8H20O2Si/c1-4-7-11-10-8(5-2)9-6-3/h8H,4-7,11H2,1-3H3. The van der Waals surface area contributed by atoms with Crippen LogP contribution in [0.2, 0.25) is 6.04 Å². The van der Waals surface area contributed by atoms with Gasteiger partial charge in [0.1, 0.15) is 6.29 Å². The summed E-state index contributed by atoms with van der Waals surface area (Å²) in [5, 5.41) is 0. The lowest BCUT2D eigenvalue weighted by molar-refractivity contribution is -0.0761. The number of rotatable bonds is 7. The molecule has 2 nitrogen and oxygen atoms in total. The molecule has 0 rings (SSSR count). The molecule has 0 aliphatic carbocycles. The van der Waals surface area contributed by atoms with Gasteiger partial charge in [0.15, 0.2) is 9.76 Å². The monoisotopic (exact) mass is 176 g/mol. The summed E-state index contributed by atoms with van der Waals surface area (Å²) < 4.78 is 10.9. The van der Waals surface area contributed by atoms with Gasteiger partial charge in [0.25, 0.3) is 0 Å². The van der Waals surface area contributed by atoms with Gasteiger partial charge in [-0.1, -0.05) is 20.3 Å². The van der Waals surface area contributed by atoms with Crippen LogP contribution in [-0.4, -0.2) is 22.7 Å². The molecule has 1 atom stereocenters. The molecule has 0 bridgehead atoms. The predicted molar refractivity (Wildman–Crippen MR) is 50.4 cm³/mol. The van der Waals surface area contributed by atoms with E-state index in [1.165, 1.54) is 12.5 Å². The molecular weight excluding hydrogens is 156 g/mol. The second kappa shape index (κ2) is 8.24. The van der Waals surface area contributed by atoms with Gasteiger partial charge >= 0.3 is 0 Å². The zero-order valence-corrected chi connectivity index (χ0v) is 9.34. The van der Waals surface area contributed by atoms with Gasteiger partial charge in [-0.3, -0.25) is 0 Å². The lowest BCUT2D eigenvalue weighted by atomic mass is 10.5. The molecule has 0 aliphatic rings. The van der Waals surface area contributed by atoms with Crippen molar-refractivity contribution in [3.63, 3.8) is 0 Å². The Bertz CT molecular complexity index is 78.5. The largest absolute Gasteiger partial charge is 0.400 e.